The minimum atomic E-state index is -4.41. The van der Waals surface area contributed by atoms with Gasteiger partial charge in [0.25, 0.3) is 0 Å². The van der Waals surface area contributed by atoms with Gasteiger partial charge in [-0.3, -0.25) is 0 Å². The van der Waals surface area contributed by atoms with E-state index in [0.717, 1.165) is 34.4 Å². The van der Waals surface area contributed by atoms with Gasteiger partial charge in [-0.15, -0.1) is 0 Å². The first kappa shape index (κ1) is 30.6. The third-order valence-corrected chi connectivity index (χ3v) is 7.91. The van der Waals surface area contributed by atoms with Crippen molar-refractivity contribution >= 4 is 37.8 Å². The summed E-state index contributed by atoms with van der Waals surface area (Å²) in [7, 11) is 1.33. The largest absolute Gasteiger partial charge is 0.476 e. The molecule has 0 saturated heterocycles. The summed E-state index contributed by atoms with van der Waals surface area (Å²) in [6.07, 6.45) is -4.91. The van der Waals surface area contributed by atoms with Gasteiger partial charge in [-0.2, -0.15) is 13.2 Å². The number of rotatable bonds is 8. The van der Waals surface area contributed by atoms with Crippen molar-refractivity contribution in [3.05, 3.63) is 117 Å². The topological polar surface area (TPSA) is 61.6 Å². The van der Waals surface area contributed by atoms with Crippen molar-refractivity contribution in [1.29, 1.82) is 0 Å². The van der Waals surface area contributed by atoms with Crippen LogP contribution in [0.15, 0.2) is 104 Å². The van der Waals surface area contributed by atoms with Gasteiger partial charge >= 0.3 is 12.1 Å². The molecule has 5 rings (SSSR count). The van der Waals surface area contributed by atoms with Crippen LogP contribution in [0.5, 0.6) is 5.75 Å². The Hall–Kier alpha value is -3.89. The smallest absolute Gasteiger partial charge is 0.416 e. The molecule has 0 aliphatic carbocycles. The second-order valence-corrected chi connectivity index (χ2v) is 11.4. The number of carbonyl (C=O) groups excluding carboxylic acids is 1. The molecule has 43 heavy (non-hydrogen) atoms. The van der Waals surface area contributed by atoms with Crippen LogP contribution in [0.3, 0.4) is 0 Å². The maximum absolute atomic E-state index is 12.9. The first-order chi connectivity index (χ1) is 20.5. The Bertz CT molecular complexity index is 1710. The summed E-state index contributed by atoms with van der Waals surface area (Å²) in [6.45, 7) is 1.76. The molecular weight excluding hydrogens is 691 g/mol. The van der Waals surface area contributed by atoms with E-state index in [1.54, 1.807) is 6.92 Å². The summed E-state index contributed by atoms with van der Waals surface area (Å²) in [5, 5.41) is 0. The van der Waals surface area contributed by atoms with Crippen LogP contribution in [0.2, 0.25) is 0 Å². The van der Waals surface area contributed by atoms with Crippen molar-refractivity contribution in [1.82, 2.24) is 4.98 Å². The highest BCUT2D eigenvalue weighted by molar-refractivity contribution is 9.11. The number of oxazole rings is 1. The average molecular weight is 715 g/mol. The molecule has 1 unspecified atom stereocenters. The molecule has 0 spiro atoms. The molecule has 10 heteroatoms. The van der Waals surface area contributed by atoms with E-state index in [4.69, 9.17) is 13.9 Å². The van der Waals surface area contributed by atoms with Crippen LogP contribution in [0.4, 0.5) is 13.2 Å². The van der Waals surface area contributed by atoms with Crippen molar-refractivity contribution in [3.8, 4) is 39.6 Å². The number of alkyl halides is 3. The SMILES string of the molecule is COC(=O)C(Cc1ccccc1)Oc1c(Br)cc(-c2ccc(-c3nc(-c4ccc(C(F)(F)F)cc4)oc3C)cc2)cc1Br. The number of esters is 1. The van der Waals surface area contributed by atoms with Crippen molar-refractivity contribution in [2.75, 3.05) is 7.11 Å². The van der Waals surface area contributed by atoms with Crippen LogP contribution < -0.4 is 4.74 Å². The molecule has 5 nitrogen and oxygen atoms in total. The standard InChI is InChI=1S/C33H24Br2F3NO4/c1-19-29(39-31(42-19)23-12-14-25(15-13-23)33(36,37)38)22-10-8-21(9-11-22)24-17-26(34)30(27(35)18-24)43-28(32(40)41-2)16-20-6-4-3-5-7-20/h3-15,17-18,28H,16H2,1-2H3. The van der Waals surface area contributed by atoms with Gasteiger partial charge in [0.1, 0.15) is 17.2 Å². The van der Waals surface area contributed by atoms with Gasteiger partial charge in [-0.05, 0) is 91.9 Å². The number of carbonyl (C=O) groups is 1. The predicted molar refractivity (Wildman–Crippen MR) is 165 cm³/mol. The molecule has 1 atom stereocenters. The molecule has 5 aromatic rings. The normalized spacial score (nSPS) is 12.2. The van der Waals surface area contributed by atoms with E-state index < -0.39 is 23.8 Å². The highest BCUT2D eigenvalue weighted by atomic mass is 79.9. The third-order valence-electron chi connectivity index (χ3n) is 6.73. The zero-order valence-electron chi connectivity index (χ0n) is 22.9. The number of halogens is 5. The molecule has 0 radical (unpaired) electrons. The minimum absolute atomic E-state index is 0.242. The van der Waals surface area contributed by atoms with Gasteiger partial charge in [0.15, 0.2) is 6.10 Å². The van der Waals surface area contributed by atoms with Gasteiger partial charge in [0, 0.05) is 17.5 Å². The van der Waals surface area contributed by atoms with Crippen LogP contribution in [-0.4, -0.2) is 24.2 Å². The highest BCUT2D eigenvalue weighted by Crippen LogP contribution is 2.40. The van der Waals surface area contributed by atoms with Crippen LogP contribution in [0.1, 0.15) is 16.9 Å². The molecule has 0 amide bonds. The summed E-state index contributed by atoms with van der Waals surface area (Å²) < 4.78 is 57.0. The number of hydrogen-bond donors (Lipinski definition) is 0. The fourth-order valence-electron chi connectivity index (χ4n) is 4.52. The molecule has 1 aromatic heterocycles. The Labute approximate surface area is 262 Å². The molecule has 0 saturated carbocycles. The lowest BCUT2D eigenvalue weighted by Gasteiger charge is -2.20. The minimum Gasteiger partial charge on any atom is -0.476 e. The maximum atomic E-state index is 12.9. The van der Waals surface area contributed by atoms with Crippen molar-refractivity contribution in [2.45, 2.75) is 25.6 Å². The second kappa shape index (κ2) is 12.8. The molecule has 0 N–H and O–H groups in total. The van der Waals surface area contributed by atoms with Gasteiger partial charge in [0.05, 0.1) is 21.6 Å². The summed E-state index contributed by atoms with van der Waals surface area (Å²) in [6, 6.07) is 25.7. The number of ether oxygens (including phenoxy) is 2. The quantitative estimate of drug-likeness (QED) is 0.150. The van der Waals surface area contributed by atoms with E-state index in [-0.39, 0.29) is 5.89 Å². The lowest BCUT2D eigenvalue weighted by Crippen LogP contribution is -2.31. The molecular formula is C33H24Br2F3NO4. The molecule has 0 aliphatic heterocycles. The van der Waals surface area contributed by atoms with Gasteiger partial charge in [-0.25, -0.2) is 9.78 Å². The molecule has 220 valence electrons. The average Bonchev–Trinajstić information content (AvgIpc) is 3.39. The van der Waals surface area contributed by atoms with Crippen LogP contribution in [-0.2, 0) is 22.1 Å². The van der Waals surface area contributed by atoms with Crippen molar-refractivity contribution in [2.24, 2.45) is 0 Å². The fraction of sp³-hybridized carbons (Fsp3) is 0.152. The molecule has 0 bridgehead atoms. The lowest BCUT2D eigenvalue weighted by molar-refractivity contribution is -0.148. The van der Waals surface area contributed by atoms with Crippen LogP contribution in [0.25, 0.3) is 33.8 Å². The number of aromatic nitrogens is 1. The Morgan fingerprint density at radius 2 is 1.44 bits per heavy atom. The molecule has 4 aromatic carbocycles. The maximum Gasteiger partial charge on any atom is 0.416 e. The number of hydrogen-bond acceptors (Lipinski definition) is 5. The Morgan fingerprint density at radius 1 is 0.860 bits per heavy atom. The van der Waals surface area contributed by atoms with Crippen LogP contribution >= 0.6 is 31.9 Å². The lowest BCUT2D eigenvalue weighted by atomic mass is 10.0. The first-order valence-electron chi connectivity index (χ1n) is 13.1. The van der Waals surface area contributed by atoms with Gasteiger partial charge in [-0.1, -0.05) is 54.6 Å². The van der Waals surface area contributed by atoms with E-state index >= 15 is 0 Å². The molecule has 0 fully saturated rings. The highest BCUT2D eigenvalue weighted by Gasteiger charge is 2.30. The Balaban J connectivity index is 1.36. The third kappa shape index (κ3) is 7.02. The number of nitrogens with zero attached hydrogens (tertiary/aromatic N) is 1. The Kier molecular flexibility index (Phi) is 9.08. The van der Waals surface area contributed by atoms with Crippen molar-refractivity contribution < 1.29 is 31.9 Å². The predicted octanol–water partition coefficient (Wildman–Crippen LogP) is 9.69. The Morgan fingerprint density at radius 3 is 2.02 bits per heavy atom. The first-order valence-corrected chi connectivity index (χ1v) is 14.7. The molecule has 1 heterocycles. The van der Waals surface area contributed by atoms with E-state index in [2.05, 4.69) is 36.8 Å². The zero-order chi connectivity index (χ0) is 30.7. The number of aryl methyl sites for hydroxylation is 1. The van der Waals surface area contributed by atoms with Crippen molar-refractivity contribution in [3.63, 3.8) is 0 Å². The zero-order valence-corrected chi connectivity index (χ0v) is 26.1. The van der Waals surface area contributed by atoms with E-state index in [9.17, 15) is 18.0 Å². The van der Waals surface area contributed by atoms with E-state index in [1.165, 1.54) is 19.2 Å². The fourth-order valence-corrected chi connectivity index (χ4v) is 5.90. The summed E-state index contributed by atoms with van der Waals surface area (Å²) >= 11 is 7.18. The summed E-state index contributed by atoms with van der Waals surface area (Å²) in [5.41, 5.74) is 3.85. The second-order valence-electron chi connectivity index (χ2n) is 9.66. The summed E-state index contributed by atoms with van der Waals surface area (Å²) in [5.74, 6) is 0.782. The van der Waals surface area contributed by atoms with Gasteiger partial charge < -0.3 is 13.9 Å². The van der Waals surface area contributed by atoms with E-state index in [0.29, 0.717) is 38.1 Å². The van der Waals surface area contributed by atoms with E-state index in [1.807, 2.05) is 66.7 Å². The van der Waals surface area contributed by atoms with Gasteiger partial charge in [0.2, 0.25) is 5.89 Å². The number of methoxy groups -OCH3 is 1. The summed E-state index contributed by atoms with van der Waals surface area (Å²) in [4.78, 5) is 17.1. The number of benzene rings is 4. The van der Waals surface area contributed by atoms with Crippen LogP contribution in [0, 0.1) is 6.92 Å². The molecule has 0 aliphatic rings. The monoisotopic (exact) mass is 713 g/mol.